The maximum Gasteiger partial charge on any atom is 0.162 e. The number of hydrogen-bond acceptors (Lipinski definition) is 1. The number of halogens is 1. The lowest BCUT2D eigenvalue weighted by Crippen LogP contribution is -2.14. The molecule has 0 fully saturated rings. The minimum atomic E-state index is -1.26. The van der Waals surface area contributed by atoms with Crippen molar-refractivity contribution < 1.29 is 9.18 Å². The van der Waals surface area contributed by atoms with Crippen LogP contribution in [0.25, 0.3) is 0 Å². The normalized spacial score (nSPS) is 11.4. The monoisotopic (exact) mass is 194 g/mol. The van der Waals surface area contributed by atoms with Crippen LogP contribution in [0.3, 0.4) is 0 Å². The number of rotatable bonds is 4. The highest BCUT2D eigenvalue weighted by molar-refractivity contribution is 5.95. The zero-order valence-corrected chi connectivity index (χ0v) is 8.59. The average Bonchev–Trinajstić information content (AvgIpc) is 2.14. The minimum absolute atomic E-state index is 0.0105. The SMILES string of the molecule is CC(C)(F)CCC(=O)c1ccccc1. The quantitative estimate of drug-likeness (QED) is 0.671. The summed E-state index contributed by atoms with van der Waals surface area (Å²) in [6, 6.07) is 9.00. The Morgan fingerprint density at radius 2 is 1.86 bits per heavy atom. The van der Waals surface area contributed by atoms with E-state index in [1.165, 1.54) is 13.8 Å². The number of carbonyl (C=O) groups is 1. The van der Waals surface area contributed by atoms with E-state index >= 15 is 0 Å². The third-order valence-corrected chi connectivity index (χ3v) is 2.04. The van der Waals surface area contributed by atoms with Gasteiger partial charge in [-0.25, -0.2) is 4.39 Å². The molecule has 2 heteroatoms. The van der Waals surface area contributed by atoms with Crippen molar-refractivity contribution >= 4 is 5.78 Å². The summed E-state index contributed by atoms with van der Waals surface area (Å²) in [5.41, 5.74) is -0.596. The highest BCUT2D eigenvalue weighted by atomic mass is 19.1. The molecular formula is C12H15FO. The van der Waals surface area contributed by atoms with Gasteiger partial charge in [-0.3, -0.25) is 4.79 Å². The lowest BCUT2D eigenvalue weighted by molar-refractivity contribution is 0.0946. The summed E-state index contributed by atoms with van der Waals surface area (Å²) in [6.45, 7) is 2.98. The van der Waals surface area contributed by atoms with Crippen molar-refractivity contribution in [2.45, 2.75) is 32.4 Å². The van der Waals surface area contributed by atoms with E-state index in [0.29, 0.717) is 5.56 Å². The number of benzene rings is 1. The molecule has 1 nitrogen and oxygen atoms in total. The Morgan fingerprint density at radius 3 is 2.36 bits per heavy atom. The molecule has 0 heterocycles. The topological polar surface area (TPSA) is 17.1 Å². The molecule has 1 aromatic rings. The number of carbonyl (C=O) groups excluding carboxylic acids is 1. The van der Waals surface area contributed by atoms with Crippen LogP contribution < -0.4 is 0 Å². The molecule has 14 heavy (non-hydrogen) atoms. The molecule has 0 amide bonds. The van der Waals surface area contributed by atoms with Crippen LogP contribution in [-0.4, -0.2) is 11.5 Å². The summed E-state index contributed by atoms with van der Waals surface area (Å²) in [5.74, 6) is 0.0105. The third-order valence-electron chi connectivity index (χ3n) is 2.04. The van der Waals surface area contributed by atoms with Gasteiger partial charge in [-0.1, -0.05) is 30.3 Å². The number of alkyl halides is 1. The van der Waals surface area contributed by atoms with Gasteiger partial charge in [-0.05, 0) is 20.3 Å². The Kier molecular flexibility index (Phi) is 3.39. The average molecular weight is 194 g/mol. The largest absolute Gasteiger partial charge is 0.294 e. The molecule has 0 radical (unpaired) electrons. The number of ketones is 1. The molecule has 1 aromatic carbocycles. The van der Waals surface area contributed by atoms with Gasteiger partial charge >= 0.3 is 0 Å². The Bertz CT molecular complexity index is 298. The van der Waals surface area contributed by atoms with E-state index in [-0.39, 0.29) is 18.6 Å². The van der Waals surface area contributed by atoms with E-state index in [1.807, 2.05) is 18.2 Å². The van der Waals surface area contributed by atoms with Crippen molar-refractivity contribution in [3.8, 4) is 0 Å². The van der Waals surface area contributed by atoms with Gasteiger partial charge in [-0.15, -0.1) is 0 Å². The molecule has 0 aliphatic carbocycles. The van der Waals surface area contributed by atoms with Crippen LogP contribution in [0.4, 0.5) is 4.39 Å². The van der Waals surface area contributed by atoms with E-state index in [1.54, 1.807) is 12.1 Å². The summed E-state index contributed by atoms with van der Waals surface area (Å²) < 4.78 is 13.1. The van der Waals surface area contributed by atoms with Crippen LogP contribution >= 0.6 is 0 Å². The molecule has 0 unspecified atom stereocenters. The van der Waals surface area contributed by atoms with E-state index < -0.39 is 5.67 Å². The highest BCUT2D eigenvalue weighted by Crippen LogP contribution is 2.17. The maximum absolute atomic E-state index is 13.1. The fourth-order valence-corrected chi connectivity index (χ4v) is 1.18. The summed E-state index contributed by atoms with van der Waals surface area (Å²) in [4.78, 5) is 11.5. The van der Waals surface area contributed by atoms with Crippen molar-refractivity contribution in [3.63, 3.8) is 0 Å². The molecule has 0 saturated heterocycles. The summed E-state index contributed by atoms with van der Waals surface area (Å²) >= 11 is 0. The first-order chi connectivity index (χ1) is 6.49. The molecule has 0 spiro atoms. The molecule has 0 aliphatic heterocycles. The fourth-order valence-electron chi connectivity index (χ4n) is 1.18. The first-order valence-corrected chi connectivity index (χ1v) is 4.76. The Morgan fingerprint density at radius 1 is 1.29 bits per heavy atom. The minimum Gasteiger partial charge on any atom is -0.294 e. The molecule has 0 saturated carbocycles. The standard InChI is InChI=1S/C12H15FO/c1-12(2,13)9-8-11(14)10-6-4-3-5-7-10/h3-7H,8-9H2,1-2H3. The van der Waals surface area contributed by atoms with Crippen LogP contribution in [0.2, 0.25) is 0 Å². The van der Waals surface area contributed by atoms with Crippen molar-refractivity contribution in [2.75, 3.05) is 0 Å². The molecule has 0 bridgehead atoms. The van der Waals surface area contributed by atoms with E-state index in [9.17, 15) is 9.18 Å². The van der Waals surface area contributed by atoms with Crippen molar-refractivity contribution in [2.24, 2.45) is 0 Å². The lowest BCUT2D eigenvalue weighted by Gasteiger charge is -2.12. The molecule has 0 atom stereocenters. The van der Waals surface area contributed by atoms with Crippen LogP contribution in [0, 0.1) is 0 Å². The molecule has 0 aliphatic rings. The second-order valence-corrected chi connectivity index (χ2v) is 4.01. The highest BCUT2D eigenvalue weighted by Gasteiger charge is 2.17. The van der Waals surface area contributed by atoms with Gasteiger partial charge in [0.25, 0.3) is 0 Å². The number of hydrogen-bond donors (Lipinski definition) is 0. The molecule has 0 N–H and O–H groups in total. The second-order valence-electron chi connectivity index (χ2n) is 4.01. The van der Waals surface area contributed by atoms with Crippen LogP contribution in [-0.2, 0) is 0 Å². The summed E-state index contributed by atoms with van der Waals surface area (Å²) in [6.07, 6.45) is 0.550. The zero-order valence-electron chi connectivity index (χ0n) is 8.59. The van der Waals surface area contributed by atoms with Gasteiger partial charge in [0.1, 0.15) is 5.67 Å². The second kappa shape index (κ2) is 4.36. The van der Waals surface area contributed by atoms with Crippen molar-refractivity contribution in [1.29, 1.82) is 0 Å². The van der Waals surface area contributed by atoms with E-state index in [0.717, 1.165) is 0 Å². The van der Waals surface area contributed by atoms with Gasteiger partial charge in [0.05, 0.1) is 0 Å². The Balaban J connectivity index is 2.52. The lowest BCUT2D eigenvalue weighted by atomic mass is 9.99. The van der Waals surface area contributed by atoms with Gasteiger partial charge in [0.15, 0.2) is 5.78 Å². The first kappa shape index (κ1) is 10.9. The van der Waals surface area contributed by atoms with E-state index in [4.69, 9.17) is 0 Å². The third kappa shape index (κ3) is 3.69. The van der Waals surface area contributed by atoms with Crippen LogP contribution in [0.1, 0.15) is 37.0 Å². The Labute approximate surface area is 83.9 Å². The smallest absolute Gasteiger partial charge is 0.162 e. The molecule has 1 rings (SSSR count). The van der Waals surface area contributed by atoms with E-state index in [2.05, 4.69) is 0 Å². The first-order valence-electron chi connectivity index (χ1n) is 4.76. The maximum atomic E-state index is 13.1. The predicted molar refractivity (Wildman–Crippen MR) is 55.2 cm³/mol. The van der Waals surface area contributed by atoms with Gasteiger partial charge in [0.2, 0.25) is 0 Å². The number of Topliss-reactive ketones (excluding diaryl/α,β-unsaturated/α-hetero) is 1. The fraction of sp³-hybridized carbons (Fsp3) is 0.417. The summed E-state index contributed by atoms with van der Waals surface area (Å²) in [5, 5.41) is 0. The van der Waals surface area contributed by atoms with Crippen molar-refractivity contribution in [1.82, 2.24) is 0 Å². The van der Waals surface area contributed by atoms with Gasteiger partial charge in [0, 0.05) is 12.0 Å². The zero-order chi connectivity index (χ0) is 10.6. The van der Waals surface area contributed by atoms with Crippen molar-refractivity contribution in [3.05, 3.63) is 35.9 Å². The van der Waals surface area contributed by atoms with Gasteiger partial charge in [-0.2, -0.15) is 0 Å². The van der Waals surface area contributed by atoms with Crippen LogP contribution in [0.15, 0.2) is 30.3 Å². The Hall–Kier alpha value is -1.18. The molecule has 76 valence electrons. The predicted octanol–water partition coefficient (Wildman–Crippen LogP) is 3.40. The molecular weight excluding hydrogens is 179 g/mol. The molecule has 0 aromatic heterocycles. The summed E-state index contributed by atoms with van der Waals surface area (Å²) in [7, 11) is 0. The van der Waals surface area contributed by atoms with Gasteiger partial charge < -0.3 is 0 Å². The van der Waals surface area contributed by atoms with Crippen LogP contribution in [0.5, 0.6) is 0 Å².